The number of benzene rings is 1. The molecule has 1 amide bonds. The molecule has 1 N–H and O–H groups in total. The second kappa shape index (κ2) is 7.04. The van der Waals surface area contributed by atoms with E-state index >= 15 is 0 Å². The summed E-state index contributed by atoms with van der Waals surface area (Å²) >= 11 is 0. The van der Waals surface area contributed by atoms with Crippen LogP contribution in [0.2, 0.25) is 0 Å². The maximum Gasteiger partial charge on any atom is 0.289 e. The normalized spacial score (nSPS) is 12.4. The third kappa shape index (κ3) is 4.43. The highest BCUT2D eigenvalue weighted by molar-refractivity contribution is 5.91. The summed E-state index contributed by atoms with van der Waals surface area (Å²) in [5.41, 5.74) is 1.95. The summed E-state index contributed by atoms with van der Waals surface area (Å²) in [5, 5.41) is 6.62. The van der Waals surface area contributed by atoms with Crippen LogP contribution in [0, 0.1) is 6.92 Å². The molecule has 0 aliphatic heterocycles. The number of aryl methyl sites for hydroxylation is 1. The van der Waals surface area contributed by atoms with Crippen LogP contribution < -0.4 is 5.32 Å². The van der Waals surface area contributed by atoms with E-state index in [4.69, 9.17) is 4.52 Å². The Morgan fingerprint density at radius 1 is 1.33 bits per heavy atom. The molecule has 0 radical (unpaired) electrons. The lowest BCUT2D eigenvalue weighted by molar-refractivity contribution is 0.0904. The minimum absolute atomic E-state index is 0.223. The van der Waals surface area contributed by atoms with Gasteiger partial charge < -0.3 is 14.7 Å². The van der Waals surface area contributed by atoms with Crippen LogP contribution in [0.5, 0.6) is 0 Å². The predicted octanol–water partition coefficient (Wildman–Crippen LogP) is 1.89. The van der Waals surface area contributed by atoms with Gasteiger partial charge in [-0.3, -0.25) is 4.79 Å². The maximum absolute atomic E-state index is 12.0. The Bertz CT molecular complexity index is 578. The SMILES string of the molecule is Cc1cc(C(=O)NCC(Cc2ccccc2)N(C)C)on1. The highest BCUT2D eigenvalue weighted by Crippen LogP contribution is 2.07. The van der Waals surface area contributed by atoms with Crippen molar-refractivity contribution in [1.82, 2.24) is 15.4 Å². The average molecular weight is 287 g/mol. The lowest BCUT2D eigenvalue weighted by atomic mass is 10.1. The van der Waals surface area contributed by atoms with Crippen LogP contribution in [0.1, 0.15) is 21.8 Å². The molecule has 2 rings (SSSR count). The summed E-state index contributed by atoms with van der Waals surface area (Å²) < 4.78 is 4.96. The van der Waals surface area contributed by atoms with Crippen molar-refractivity contribution in [2.24, 2.45) is 0 Å². The first-order valence-corrected chi connectivity index (χ1v) is 6.98. The average Bonchev–Trinajstić information content (AvgIpc) is 2.90. The Morgan fingerprint density at radius 3 is 2.62 bits per heavy atom. The van der Waals surface area contributed by atoms with Crippen molar-refractivity contribution >= 4 is 5.91 Å². The number of nitrogens with one attached hydrogen (secondary N) is 1. The predicted molar refractivity (Wildman–Crippen MR) is 81.2 cm³/mol. The van der Waals surface area contributed by atoms with E-state index in [-0.39, 0.29) is 17.7 Å². The van der Waals surface area contributed by atoms with Gasteiger partial charge in [0.15, 0.2) is 0 Å². The zero-order valence-corrected chi connectivity index (χ0v) is 12.7. The maximum atomic E-state index is 12.0. The Hall–Kier alpha value is -2.14. The molecule has 0 saturated heterocycles. The topological polar surface area (TPSA) is 58.4 Å². The molecule has 0 aliphatic carbocycles. The van der Waals surface area contributed by atoms with Crippen molar-refractivity contribution in [3.05, 3.63) is 53.4 Å². The molecule has 0 fully saturated rings. The largest absolute Gasteiger partial charge is 0.351 e. The van der Waals surface area contributed by atoms with Crippen LogP contribution in [0.25, 0.3) is 0 Å². The third-order valence-electron chi connectivity index (χ3n) is 3.39. The molecule has 5 heteroatoms. The van der Waals surface area contributed by atoms with Crippen LogP contribution in [0.3, 0.4) is 0 Å². The number of likely N-dealkylation sites (N-methyl/N-ethyl adjacent to an activating group) is 1. The van der Waals surface area contributed by atoms with Gasteiger partial charge in [-0.1, -0.05) is 35.5 Å². The first-order chi connectivity index (χ1) is 10.1. The van der Waals surface area contributed by atoms with Crippen molar-refractivity contribution in [3.63, 3.8) is 0 Å². The monoisotopic (exact) mass is 287 g/mol. The van der Waals surface area contributed by atoms with Crippen molar-refractivity contribution in [1.29, 1.82) is 0 Å². The van der Waals surface area contributed by atoms with Gasteiger partial charge in [0.05, 0.1) is 5.69 Å². The van der Waals surface area contributed by atoms with Gasteiger partial charge >= 0.3 is 0 Å². The van der Waals surface area contributed by atoms with Crippen LogP contribution in [-0.2, 0) is 6.42 Å². The molecule has 1 aromatic heterocycles. The van der Waals surface area contributed by atoms with Gasteiger partial charge in [-0.25, -0.2) is 0 Å². The second-order valence-electron chi connectivity index (χ2n) is 5.35. The van der Waals surface area contributed by atoms with E-state index in [1.807, 2.05) is 32.3 Å². The van der Waals surface area contributed by atoms with E-state index in [1.54, 1.807) is 13.0 Å². The third-order valence-corrected chi connectivity index (χ3v) is 3.39. The number of carbonyl (C=O) groups excluding carboxylic acids is 1. The molecule has 1 aromatic carbocycles. The van der Waals surface area contributed by atoms with Gasteiger partial charge in [-0.05, 0) is 33.0 Å². The van der Waals surface area contributed by atoms with Crippen molar-refractivity contribution in [3.8, 4) is 0 Å². The van der Waals surface area contributed by atoms with Crippen LogP contribution in [0.4, 0.5) is 0 Å². The smallest absolute Gasteiger partial charge is 0.289 e. The molecule has 21 heavy (non-hydrogen) atoms. The molecule has 2 aromatic rings. The van der Waals surface area contributed by atoms with E-state index in [9.17, 15) is 4.79 Å². The molecule has 112 valence electrons. The van der Waals surface area contributed by atoms with E-state index < -0.39 is 0 Å². The number of nitrogens with zero attached hydrogens (tertiary/aromatic N) is 2. The minimum atomic E-state index is -0.226. The zero-order chi connectivity index (χ0) is 15.2. The van der Waals surface area contributed by atoms with Gasteiger partial charge in [-0.15, -0.1) is 0 Å². The zero-order valence-electron chi connectivity index (χ0n) is 12.7. The Balaban J connectivity index is 1.93. The number of rotatable bonds is 6. The molecular formula is C16H21N3O2. The van der Waals surface area contributed by atoms with E-state index in [1.165, 1.54) is 5.56 Å². The standard InChI is InChI=1S/C16H21N3O2/c1-12-9-15(21-18-12)16(20)17-11-14(19(2)3)10-13-7-5-4-6-8-13/h4-9,14H,10-11H2,1-3H3,(H,17,20). The Labute approximate surface area is 124 Å². The fraction of sp³-hybridized carbons (Fsp3) is 0.375. The number of aromatic nitrogens is 1. The van der Waals surface area contributed by atoms with E-state index in [2.05, 4.69) is 27.5 Å². The quantitative estimate of drug-likeness (QED) is 0.881. The molecule has 0 bridgehead atoms. The van der Waals surface area contributed by atoms with Gasteiger partial charge in [0.2, 0.25) is 5.76 Å². The number of hydrogen-bond acceptors (Lipinski definition) is 4. The minimum Gasteiger partial charge on any atom is -0.351 e. The van der Waals surface area contributed by atoms with Crippen LogP contribution in [-0.4, -0.2) is 42.6 Å². The molecule has 0 saturated carbocycles. The molecular weight excluding hydrogens is 266 g/mol. The molecule has 0 spiro atoms. The first-order valence-electron chi connectivity index (χ1n) is 6.98. The first kappa shape index (κ1) is 15.3. The molecule has 5 nitrogen and oxygen atoms in total. The summed E-state index contributed by atoms with van der Waals surface area (Å²) in [7, 11) is 4.02. The highest BCUT2D eigenvalue weighted by atomic mass is 16.5. The molecule has 0 aliphatic rings. The Morgan fingerprint density at radius 2 is 2.05 bits per heavy atom. The van der Waals surface area contributed by atoms with Crippen molar-refractivity contribution < 1.29 is 9.32 Å². The summed E-state index contributed by atoms with van der Waals surface area (Å²) in [6.07, 6.45) is 0.879. The van der Waals surface area contributed by atoms with Crippen LogP contribution in [0.15, 0.2) is 40.9 Å². The number of amides is 1. The lowest BCUT2D eigenvalue weighted by Crippen LogP contribution is -2.41. The summed E-state index contributed by atoms with van der Waals surface area (Å²) in [4.78, 5) is 14.1. The molecule has 1 atom stereocenters. The fourth-order valence-corrected chi connectivity index (χ4v) is 2.09. The fourth-order valence-electron chi connectivity index (χ4n) is 2.09. The summed E-state index contributed by atoms with van der Waals surface area (Å²) in [6.45, 7) is 2.35. The second-order valence-corrected chi connectivity index (χ2v) is 5.35. The van der Waals surface area contributed by atoms with Gasteiger partial charge in [0, 0.05) is 18.7 Å². The number of hydrogen-bond donors (Lipinski definition) is 1. The van der Waals surface area contributed by atoms with Crippen molar-refractivity contribution in [2.45, 2.75) is 19.4 Å². The van der Waals surface area contributed by atoms with E-state index in [0.717, 1.165) is 6.42 Å². The van der Waals surface area contributed by atoms with E-state index in [0.29, 0.717) is 12.2 Å². The van der Waals surface area contributed by atoms with Crippen molar-refractivity contribution in [2.75, 3.05) is 20.6 Å². The lowest BCUT2D eigenvalue weighted by Gasteiger charge is -2.24. The Kier molecular flexibility index (Phi) is 5.11. The summed E-state index contributed by atoms with van der Waals surface area (Å²) in [6, 6.07) is 12.1. The molecule has 1 heterocycles. The van der Waals surface area contributed by atoms with Gasteiger partial charge in [0.1, 0.15) is 0 Å². The number of carbonyl (C=O) groups is 1. The van der Waals surface area contributed by atoms with Gasteiger partial charge in [0.25, 0.3) is 5.91 Å². The summed E-state index contributed by atoms with van der Waals surface area (Å²) in [5.74, 6) is 0.0280. The van der Waals surface area contributed by atoms with Crippen LogP contribution >= 0.6 is 0 Å². The molecule has 1 unspecified atom stereocenters. The highest BCUT2D eigenvalue weighted by Gasteiger charge is 2.16. The van der Waals surface area contributed by atoms with Gasteiger partial charge in [-0.2, -0.15) is 0 Å².